The van der Waals surface area contributed by atoms with E-state index < -0.39 is 6.10 Å². The minimum atomic E-state index is -0.401. The maximum Gasteiger partial charge on any atom is 0.250 e. The Bertz CT molecular complexity index is 779. The third-order valence-corrected chi connectivity index (χ3v) is 5.97. The number of ether oxygens (including phenoxy) is 1. The summed E-state index contributed by atoms with van der Waals surface area (Å²) in [5.74, 6) is -0.166. The van der Waals surface area contributed by atoms with Gasteiger partial charge in [-0.3, -0.25) is 4.79 Å². The minimum Gasteiger partial charge on any atom is -0.390 e. The Morgan fingerprint density at radius 2 is 2.04 bits per heavy atom. The van der Waals surface area contributed by atoms with Crippen LogP contribution in [0.15, 0.2) is 24.4 Å². The fourth-order valence-electron chi connectivity index (χ4n) is 3.68. The highest BCUT2D eigenvalue weighted by Crippen LogP contribution is 2.34. The van der Waals surface area contributed by atoms with E-state index in [4.69, 9.17) is 10.5 Å². The molecule has 26 heavy (non-hydrogen) atoms. The number of primary amides is 1. The maximum absolute atomic E-state index is 11.9. The fraction of sp³-hybridized carbons (Fsp3) is 0.550. The summed E-state index contributed by atoms with van der Waals surface area (Å²) in [6.07, 6.45) is 5.80. The van der Waals surface area contributed by atoms with E-state index in [1.807, 2.05) is 19.9 Å². The predicted molar refractivity (Wildman–Crippen MR) is 111 cm³/mol. The van der Waals surface area contributed by atoms with Crippen molar-refractivity contribution in [3.8, 4) is 0 Å². The number of hydrogen-bond donors (Lipinski definition) is 2. The molecule has 1 atom stereocenters. The van der Waals surface area contributed by atoms with Crippen molar-refractivity contribution in [1.82, 2.24) is 4.57 Å². The van der Waals surface area contributed by atoms with Gasteiger partial charge in [-0.25, -0.2) is 0 Å². The highest BCUT2D eigenvalue weighted by atomic mass is 127. The molecule has 6 heteroatoms. The molecule has 1 unspecified atom stereocenters. The van der Waals surface area contributed by atoms with Gasteiger partial charge < -0.3 is 20.1 Å². The third-order valence-electron chi connectivity index (χ3n) is 5.35. The van der Waals surface area contributed by atoms with Crippen LogP contribution >= 0.6 is 22.6 Å². The number of benzene rings is 1. The number of carbonyl (C=O) groups is 1. The van der Waals surface area contributed by atoms with E-state index in [1.165, 1.54) is 0 Å². The van der Waals surface area contributed by atoms with Crippen LogP contribution < -0.4 is 5.73 Å². The third kappa shape index (κ3) is 4.23. The Morgan fingerprint density at radius 3 is 2.65 bits per heavy atom. The van der Waals surface area contributed by atoms with Gasteiger partial charge in [-0.2, -0.15) is 0 Å². The first-order valence-electron chi connectivity index (χ1n) is 9.26. The quantitative estimate of drug-likeness (QED) is 0.630. The highest BCUT2D eigenvalue weighted by molar-refractivity contribution is 14.1. The number of nitrogens with two attached hydrogens (primary N) is 1. The molecule has 3 N–H and O–H groups in total. The molecular weight excluding hydrogens is 443 g/mol. The van der Waals surface area contributed by atoms with Gasteiger partial charge in [0.1, 0.15) is 0 Å². The van der Waals surface area contributed by atoms with Crippen molar-refractivity contribution in [3.63, 3.8) is 0 Å². The van der Waals surface area contributed by atoms with Gasteiger partial charge in [0, 0.05) is 21.2 Å². The van der Waals surface area contributed by atoms with Crippen molar-refractivity contribution < 1.29 is 14.6 Å². The second-order valence-electron chi connectivity index (χ2n) is 7.55. The lowest BCUT2D eigenvalue weighted by Crippen LogP contribution is -2.29. The molecule has 142 valence electrons. The van der Waals surface area contributed by atoms with Crippen LogP contribution in [0.5, 0.6) is 0 Å². The van der Waals surface area contributed by atoms with Gasteiger partial charge >= 0.3 is 0 Å². The van der Waals surface area contributed by atoms with Gasteiger partial charge in [0.25, 0.3) is 5.91 Å². The number of aliphatic hydroxyl groups excluding tert-OH is 1. The summed E-state index contributed by atoms with van der Waals surface area (Å²) in [5, 5.41) is 11.0. The van der Waals surface area contributed by atoms with Gasteiger partial charge in [-0.1, -0.05) is 13.8 Å². The molecule has 0 aliphatic heterocycles. The maximum atomic E-state index is 11.9. The van der Waals surface area contributed by atoms with Crippen molar-refractivity contribution in [2.75, 3.05) is 6.61 Å². The van der Waals surface area contributed by atoms with Crippen LogP contribution in [0.1, 0.15) is 55.9 Å². The van der Waals surface area contributed by atoms with E-state index in [-0.39, 0.29) is 17.9 Å². The van der Waals surface area contributed by atoms with Crippen molar-refractivity contribution in [3.05, 3.63) is 33.5 Å². The van der Waals surface area contributed by atoms with Crippen LogP contribution in [0.4, 0.5) is 0 Å². The van der Waals surface area contributed by atoms with E-state index in [0.29, 0.717) is 18.2 Å². The van der Waals surface area contributed by atoms with Crippen LogP contribution in [0.3, 0.4) is 0 Å². The second-order valence-corrected chi connectivity index (χ2v) is 8.80. The standard InChI is InChI=1S/C20H27IN2O3/c1-12(2)18(24)11-26-16-5-3-15(4-6-16)23-8-7-13-9-14(21)10-17(19(13)23)20(22)25/h7-10,12,15-16,18,24H,3-6,11H2,1-2H3,(H2,22,25). The number of fused-ring (bicyclic) bond motifs is 1. The monoisotopic (exact) mass is 470 g/mol. The van der Waals surface area contributed by atoms with Crippen LogP contribution in [0.25, 0.3) is 10.9 Å². The van der Waals surface area contributed by atoms with Crippen LogP contribution in [-0.2, 0) is 4.74 Å². The summed E-state index contributed by atoms with van der Waals surface area (Å²) < 4.78 is 9.13. The number of nitrogens with zero attached hydrogens (tertiary/aromatic N) is 1. The number of rotatable bonds is 6. The van der Waals surface area contributed by atoms with Crippen molar-refractivity contribution in [1.29, 1.82) is 0 Å². The van der Waals surface area contributed by atoms with Gasteiger partial charge in [0.15, 0.2) is 0 Å². The smallest absolute Gasteiger partial charge is 0.250 e. The lowest BCUT2D eigenvalue weighted by Gasteiger charge is -2.31. The first-order valence-corrected chi connectivity index (χ1v) is 10.3. The second kappa shape index (κ2) is 8.27. The molecule has 0 saturated heterocycles. The summed E-state index contributed by atoms with van der Waals surface area (Å²) >= 11 is 2.22. The Labute approximate surface area is 168 Å². The largest absolute Gasteiger partial charge is 0.390 e. The number of carbonyl (C=O) groups excluding carboxylic acids is 1. The first kappa shape index (κ1) is 19.6. The van der Waals surface area contributed by atoms with Crippen LogP contribution in [0, 0.1) is 9.49 Å². The molecule has 1 saturated carbocycles. The molecule has 1 aliphatic carbocycles. The van der Waals surface area contributed by atoms with Crippen molar-refractivity contribution >= 4 is 39.4 Å². The number of aliphatic hydroxyl groups is 1. The van der Waals surface area contributed by atoms with Crippen molar-refractivity contribution in [2.24, 2.45) is 11.7 Å². The molecule has 1 aromatic heterocycles. The molecule has 5 nitrogen and oxygen atoms in total. The van der Waals surface area contributed by atoms with Gasteiger partial charge in [0.2, 0.25) is 0 Å². The molecule has 0 radical (unpaired) electrons. The lowest BCUT2D eigenvalue weighted by atomic mass is 9.92. The summed E-state index contributed by atoms with van der Waals surface area (Å²) in [7, 11) is 0. The average molecular weight is 470 g/mol. The minimum absolute atomic E-state index is 0.207. The molecule has 1 amide bonds. The van der Waals surface area contributed by atoms with Gasteiger partial charge in [-0.05, 0) is 72.4 Å². The fourth-order valence-corrected chi connectivity index (χ4v) is 4.33. The summed E-state index contributed by atoms with van der Waals surface area (Å²) in [5.41, 5.74) is 7.16. The highest BCUT2D eigenvalue weighted by Gasteiger charge is 2.25. The number of amides is 1. The van der Waals surface area contributed by atoms with Crippen molar-refractivity contribution in [2.45, 2.75) is 57.8 Å². The SMILES string of the molecule is CC(C)C(O)COC1CCC(n2ccc3cc(I)cc(C(N)=O)c32)CC1. The van der Waals surface area contributed by atoms with Crippen LogP contribution in [-0.4, -0.2) is 34.4 Å². The normalized spacial score (nSPS) is 22.0. The number of halogens is 1. The zero-order valence-electron chi connectivity index (χ0n) is 15.3. The van der Waals surface area contributed by atoms with E-state index in [2.05, 4.69) is 45.5 Å². The molecule has 1 fully saturated rings. The number of aromatic nitrogens is 1. The zero-order chi connectivity index (χ0) is 18.8. The molecule has 1 aliphatic rings. The molecule has 0 bridgehead atoms. The van der Waals surface area contributed by atoms with E-state index >= 15 is 0 Å². The average Bonchev–Trinajstić information content (AvgIpc) is 3.02. The molecule has 3 rings (SSSR count). The lowest BCUT2D eigenvalue weighted by molar-refractivity contribution is -0.0414. The summed E-state index contributed by atoms with van der Waals surface area (Å²) in [6, 6.07) is 6.36. The van der Waals surface area contributed by atoms with Gasteiger partial charge in [-0.15, -0.1) is 0 Å². The first-order chi connectivity index (χ1) is 12.4. The zero-order valence-corrected chi connectivity index (χ0v) is 17.5. The number of hydrogen-bond acceptors (Lipinski definition) is 3. The molecule has 2 aromatic rings. The van der Waals surface area contributed by atoms with Gasteiger partial charge in [0.05, 0.1) is 29.9 Å². The van der Waals surface area contributed by atoms with Crippen LogP contribution in [0.2, 0.25) is 0 Å². The summed E-state index contributed by atoms with van der Waals surface area (Å²) in [6.45, 7) is 4.41. The molecule has 1 aromatic carbocycles. The Morgan fingerprint density at radius 1 is 1.35 bits per heavy atom. The topological polar surface area (TPSA) is 77.5 Å². The predicted octanol–water partition coefficient (Wildman–Crippen LogP) is 3.86. The van der Waals surface area contributed by atoms with E-state index in [0.717, 1.165) is 40.2 Å². The molecule has 1 heterocycles. The van der Waals surface area contributed by atoms with E-state index in [1.54, 1.807) is 0 Å². The Hall–Kier alpha value is -1.12. The summed E-state index contributed by atoms with van der Waals surface area (Å²) in [4.78, 5) is 11.9. The Kier molecular flexibility index (Phi) is 6.25. The molecule has 0 spiro atoms. The van der Waals surface area contributed by atoms with E-state index in [9.17, 15) is 9.90 Å². The Balaban J connectivity index is 1.71. The molecular formula is C20H27IN2O3.